The van der Waals surface area contributed by atoms with Crippen LogP contribution in [-0.2, 0) is 0 Å². The van der Waals surface area contributed by atoms with Crippen molar-refractivity contribution in [3.8, 4) is 0 Å². The van der Waals surface area contributed by atoms with Gasteiger partial charge in [-0.3, -0.25) is 4.90 Å². The lowest BCUT2D eigenvalue weighted by atomic mass is 9.69. The van der Waals surface area contributed by atoms with Gasteiger partial charge in [0.05, 0.1) is 0 Å². The Morgan fingerprint density at radius 2 is 2.04 bits per heavy atom. The van der Waals surface area contributed by atoms with Crippen LogP contribution in [0.2, 0.25) is 0 Å². The summed E-state index contributed by atoms with van der Waals surface area (Å²) in [5, 5.41) is 0. The molecule has 1 heterocycles. The molecule has 0 saturated carbocycles. The maximum Gasteiger partial charge on any atom is 0.187 e. The molecule has 1 saturated heterocycles. The van der Waals surface area contributed by atoms with Crippen LogP contribution in [0.25, 0.3) is 0 Å². The van der Waals surface area contributed by atoms with Crippen LogP contribution in [0.1, 0.15) is 24.3 Å². The standard InChI is InChI=1S/C21H26BFN3S/c1-27-25-19-6-4-5-17(13-19)16-9-11-26(12-10-16)15-18(24)14-22-20-7-2-3-8-21(20)23/h2-8,13-14,16,25H,9-12,15,24H2,1H3/b18-14-. The normalized spacial score (nSPS) is 16.3. The van der Waals surface area contributed by atoms with Gasteiger partial charge in [-0.25, -0.2) is 4.39 Å². The predicted molar refractivity (Wildman–Crippen MR) is 116 cm³/mol. The number of nitrogens with two attached hydrogens (primary N) is 1. The lowest BCUT2D eigenvalue weighted by Crippen LogP contribution is -2.36. The number of piperidine rings is 1. The summed E-state index contributed by atoms with van der Waals surface area (Å²) in [5.41, 5.74) is 10.1. The highest BCUT2D eigenvalue weighted by Crippen LogP contribution is 2.30. The summed E-state index contributed by atoms with van der Waals surface area (Å²) in [6.45, 7) is 2.78. The Morgan fingerprint density at radius 1 is 1.26 bits per heavy atom. The first-order valence-electron chi connectivity index (χ1n) is 9.31. The number of nitrogens with one attached hydrogen (secondary N) is 1. The Balaban J connectivity index is 1.49. The molecule has 3 rings (SSSR count). The quantitative estimate of drug-likeness (QED) is 0.568. The summed E-state index contributed by atoms with van der Waals surface area (Å²) in [6.07, 6.45) is 4.30. The monoisotopic (exact) mass is 382 g/mol. The van der Waals surface area contributed by atoms with Crippen molar-refractivity contribution in [3.05, 3.63) is 71.6 Å². The molecule has 1 fully saturated rings. The highest BCUT2D eigenvalue weighted by atomic mass is 32.2. The number of halogens is 1. The third-order valence-electron chi connectivity index (χ3n) is 4.95. The highest BCUT2D eigenvalue weighted by molar-refractivity contribution is 7.99. The third kappa shape index (κ3) is 5.78. The second-order valence-corrected chi connectivity index (χ2v) is 7.52. The molecule has 0 aromatic heterocycles. The van der Waals surface area contributed by atoms with E-state index >= 15 is 0 Å². The molecule has 6 heteroatoms. The number of nitrogens with zero attached hydrogens (tertiary/aromatic N) is 1. The van der Waals surface area contributed by atoms with Gasteiger partial charge in [0.25, 0.3) is 0 Å². The van der Waals surface area contributed by atoms with Crippen LogP contribution >= 0.6 is 11.9 Å². The van der Waals surface area contributed by atoms with Crippen molar-refractivity contribution in [2.45, 2.75) is 18.8 Å². The van der Waals surface area contributed by atoms with Gasteiger partial charge in [-0.1, -0.05) is 48.3 Å². The zero-order chi connectivity index (χ0) is 19.1. The van der Waals surface area contributed by atoms with Crippen molar-refractivity contribution in [1.29, 1.82) is 0 Å². The zero-order valence-corrected chi connectivity index (χ0v) is 16.5. The van der Waals surface area contributed by atoms with E-state index in [1.807, 2.05) is 18.3 Å². The van der Waals surface area contributed by atoms with Crippen LogP contribution in [0.15, 0.2) is 60.2 Å². The van der Waals surface area contributed by atoms with E-state index in [1.165, 1.54) is 17.3 Å². The summed E-state index contributed by atoms with van der Waals surface area (Å²) in [6, 6.07) is 15.4. The molecule has 3 nitrogen and oxygen atoms in total. The summed E-state index contributed by atoms with van der Waals surface area (Å²) in [4.78, 5) is 2.38. The Bertz CT molecular complexity index is 776. The highest BCUT2D eigenvalue weighted by Gasteiger charge is 2.21. The van der Waals surface area contributed by atoms with Crippen molar-refractivity contribution >= 4 is 30.4 Å². The molecule has 1 aliphatic heterocycles. The van der Waals surface area contributed by atoms with Crippen molar-refractivity contribution < 1.29 is 4.39 Å². The van der Waals surface area contributed by atoms with E-state index in [-0.39, 0.29) is 5.82 Å². The molecule has 0 amide bonds. The van der Waals surface area contributed by atoms with Gasteiger partial charge < -0.3 is 10.5 Å². The van der Waals surface area contributed by atoms with Gasteiger partial charge in [-0.05, 0) is 61.1 Å². The summed E-state index contributed by atoms with van der Waals surface area (Å²) < 4.78 is 17.0. The molecule has 27 heavy (non-hydrogen) atoms. The molecule has 1 aliphatic rings. The van der Waals surface area contributed by atoms with Crippen molar-refractivity contribution in [2.24, 2.45) is 5.73 Å². The van der Waals surface area contributed by atoms with E-state index in [1.54, 1.807) is 31.4 Å². The zero-order valence-electron chi connectivity index (χ0n) is 15.7. The van der Waals surface area contributed by atoms with E-state index in [0.717, 1.165) is 38.2 Å². The summed E-state index contributed by atoms with van der Waals surface area (Å²) >= 11 is 1.62. The fourth-order valence-corrected chi connectivity index (χ4v) is 3.88. The molecule has 2 aromatic rings. The molecule has 0 aliphatic carbocycles. The third-order valence-corrected chi connectivity index (χ3v) is 5.39. The first kappa shape index (κ1) is 19.8. The van der Waals surface area contributed by atoms with Crippen LogP contribution in [0.4, 0.5) is 10.1 Å². The molecular weight excluding hydrogens is 356 g/mol. The number of rotatable bonds is 7. The van der Waals surface area contributed by atoms with E-state index in [2.05, 4.69) is 33.9 Å². The van der Waals surface area contributed by atoms with Gasteiger partial charge in [0.2, 0.25) is 0 Å². The van der Waals surface area contributed by atoms with Crippen LogP contribution in [-0.4, -0.2) is 38.1 Å². The Hall–Kier alpha value is -1.92. The number of anilines is 1. The minimum Gasteiger partial charge on any atom is -0.402 e. The Labute approximate surface area is 166 Å². The van der Waals surface area contributed by atoms with Crippen LogP contribution in [0.5, 0.6) is 0 Å². The molecule has 0 bridgehead atoms. The van der Waals surface area contributed by atoms with Gasteiger partial charge >= 0.3 is 0 Å². The summed E-state index contributed by atoms with van der Waals surface area (Å²) in [5.74, 6) is 2.20. The first-order valence-corrected chi connectivity index (χ1v) is 10.5. The Morgan fingerprint density at radius 3 is 2.78 bits per heavy atom. The number of benzene rings is 2. The number of likely N-dealkylation sites (tertiary alicyclic amines) is 1. The lowest BCUT2D eigenvalue weighted by molar-refractivity contribution is 0.227. The molecule has 0 atom stereocenters. The van der Waals surface area contributed by atoms with Gasteiger partial charge in [0.15, 0.2) is 7.28 Å². The minimum absolute atomic E-state index is 0.222. The fourth-order valence-electron chi connectivity index (χ4n) is 3.52. The van der Waals surface area contributed by atoms with Crippen LogP contribution in [0.3, 0.4) is 0 Å². The molecule has 1 radical (unpaired) electrons. The topological polar surface area (TPSA) is 41.3 Å². The van der Waals surface area contributed by atoms with Gasteiger partial charge in [-0.2, -0.15) is 0 Å². The number of hydrogen-bond donors (Lipinski definition) is 2. The fraction of sp³-hybridized carbons (Fsp3) is 0.333. The SMILES string of the molecule is CSNc1cccc(C2CCN(C/C(N)=C/[B]c3ccccc3F)CC2)c1. The molecule has 0 unspecified atom stereocenters. The molecule has 3 N–H and O–H groups in total. The van der Waals surface area contributed by atoms with Crippen LogP contribution in [0, 0.1) is 5.82 Å². The smallest absolute Gasteiger partial charge is 0.187 e. The van der Waals surface area contributed by atoms with Crippen molar-refractivity contribution in [3.63, 3.8) is 0 Å². The van der Waals surface area contributed by atoms with Crippen molar-refractivity contribution in [1.82, 2.24) is 4.90 Å². The maximum absolute atomic E-state index is 13.7. The average molecular weight is 382 g/mol. The molecular formula is C21H26BFN3S. The van der Waals surface area contributed by atoms with Gasteiger partial charge in [0.1, 0.15) is 5.82 Å². The largest absolute Gasteiger partial charge is 0.402 e. The van der Waals surface area contributed by atoms with E-state index in [4.69, 9.17) is 5.73 Å². The molecule has 0 spiro atoms. The van der Waals surface area contributed by atoms with Crippen LogP contribution < -0.4 is 15.9 Å². The van der Waals surface area contributed by atoms with E-state index < -0.39 is 0 Å². The predicted octanol–water partition coefficient (Wildman–Crippen LogP) is 3.52. The minimum atomic E-state index is -0.222. The summed E-state index contributed by atoms with van der Waals surface area (Å²) in [7, 11) is 1.75. The average Bonchev–Trinajstić information content (AvgIpc) is 2.68. The first-order chi connectivity index (χ1) is 13.2. The van der Waals surface area contributed by atoms with E-state index in [9.17, 15) is 4.39 Å². The molecule has 2 aromatic carbocycles. The Kier molecular flexibility index (Phi) is 7.24. The second kappa shape index (κ2) is 9.86. The lowest BCUT2D eigenvalue weighted by Gasteiger charge is -2.32. The van der Waals surface area contributed by atoms with E-state index in [0.29, 0.717) is 11.4 Å². The number of hydrogen-bond acceptors (Lipinski definition) is 4. The molecule has 141 valence electrons. The van der Waals surface area contributed by atoms with Gasteiger partial charge in [-0.15, -0.1) is 0 Å². The second-order valence-electron chi connectivity index (χ2n) is 6.91. The van der Waals surface area contributed by atoms with Crippen molar-refractivity contribution in [2.75, 3.05) is 30.6 Å². The van der Waals surface area contributed by atoms with Gasteiger partial charge in [0, 0.05) is 24.2 Å². The maximum atomic E-state index is 13.7.